The van der Waals surface area contributed by atoms with Crippen molar-refractivity contribution < 1.29 is 4.74 Å². The maximum absolute atomic E-state index is 5.01. The first-order chi connectivity index (χ1) is 3.81. The Bertz CT molecular complexity index is 65.4. The predicted octanol–water partition coefficient (Wildman–Crippen LogP) is 1.37. The fraction of sp³-hybridized carbons (Fsp3) is 0.600. The molecule has 0 aromatic carbocycles. The van der Waals surface area contributed by atoms with E-state index in [1.54, 1.807) is 6.08 Å². The molecule has 0 fully saturated rings. The Balaban J connectivity index is 2.97. The Morgan fingerprint density at radius 2 is 2.38 bits per heavy atom. The molecule has 0 amide bonds. The SMILES string of the molecule is C=CCOC(S)CS. The molecule has 0 aromatic rings. The molecule has 0 N–H and O–H groups in total. The fourth-order valence-corrected chi connectivity index (χ4v) is 0.423. The molecular formula is C5H10OS2. The minimum absolute atomic E-state index is 0.0590. The van der Waals surface area contributed by atoms with Crippen molar-refractivity contribution in [2.75, 3.05) is 12.4 Å². The zero-order chi connectivity index (χ0) is 6.41. The Morgan fingerprint density at radius 3 is 2.75 bits per heavy atom. The molecule has 0 radical (unpaired) electrons. The lowest BCUT2D eigenvalue weighted by molar-refractivity contribution is 0.157. The molecule has 3 heteroatoms. The van der Waals surface area contributed by atoms with Gasteiger partial charge in [-0.2, -0.15) is 12.6 Å². The van der Waals surface area contributed by atoms with Gasteiger partial charge in [0.1, 0.15) is 5.44 Å². The second-order valence-electron chi connectivity index (χ2n) is 1.26. The topological polar surface area (TPSA) is 9.23 Å². The van der Waals surface area contributed by atoms with Crippen LogP contribution in [0.4, 0.5) is 0 Å². The number of hydrogen-bond donors (Lipinski definition) is 2. The van der Waals surface area contributed by atoms with Crippen LogP contribution in [0.15, 0.2) is 12.7 Å². The van der Waals surface area contributed by atoms with Gasteiger partial charge in [-0.25, -0.2) is 0 Å². The van der Waals surface area contributed by atoms with Crippen molar-refractivity contribution in [1.29, 1.82) is 0 Å². The quantitative estimate of drug-likeness (QED) is 0.350. The Hall–Kier alpha value is 0.400. The zero-order valence-corrected chi connectivity index (χ0v) is 6.37. The van der Waals surface area contributed by atoms with E-state index in [1.165, 1.54) is 0 Å². The average molecular weight is 150 g/mol. The molecule has 0 spiro atoms. The summed E-state index contributed by atoms with van der Waals surface area (Å²) in [5.74, 6) is 0.636. The molecule has 0 heterocycles. The van der Waals surface area contributed by atoms with E-state index >= 15 is 0 Å². The van der Waals surface area contributed by atoms with E-state index in [1.807, 2.05) is 0 Å². The number of thiol groups is 2. The number of rotatable bonds is 4. The second-order valence-corrected chi connectivity index (χ2v) is 2.20. The van der Waals surface area contributed by atoms with Crippen LogP contribution in [-0.4, -0.2) is 17.8 Å². The minimum Gasteiger partial charge on any atom is -0.363 e. The van der Waals surface area contributed by atoms with Crippen LogP contribution in [0, 0.1) is 0 Å². The highest BCUT2D eigenvalue weighted by molar-refractivity contribution is 7.84. The molecule has 0 bridgehead atoms. The van der Waals surface area contributed by atoms with Crippen LogP contribution in [0.5, 0.6) is 0 Å². The summed E-state index contributed by atoms with van der Waals surface area (Å²) in [6, 6.07) is 0. The largest absolute Gasteiger partial charge is 0.363 e. The molecule has 0 saturated carbocycles. The summed E-state index contributed by atoms with van der Waals surface area (Å²) in [7, 11) is 0. The van der Waals surface area contributed by atoms with Gasteiger partial charge in [0.05, 0.1) is 6.61 Å². The van der Waals surface area contributed by atoms with Crippen LogP contribution >= 0.6 is 25.3 Å². The zero-order valence-electron chi connectivity index (χ0n) is 4.58. The summed E-state index contributed by atoms with van der Waals surface area (Å²) in [5, 5.41) is 0. The van der Waals surface area contributed by atoms with Gasteiger partial charge in [-0.3, -0.25) is 0 Å². The van der Waals surface area contributed by atoms with E-state index in [0.717, 1.165) is 0 Å². The molecule has 0 aliphatic heterocycles. The lowest BCUT2D eigenvalue weighted by atomic mass is 10.7. The van der Waals surface area contributed by atoms with Crippen molar-refractivity contribution in [2.45, 2.75) is 5.44 Å². The third-order valence-electron chi connectivity index (χ3n) is 0.563. The van der Waals surface area contributed by atoms with Crippen LogP contribution in [0.2, 0.25) is 0 Å². The van der Waals surface area contributed by atoms with E-state index in [4.69, 9.17) is 4.74 Å². The normalized spacial score (nSPS) is 13.2. The molecular weight excluding hydrogens is 140 g/mol. The van der Waals surface area contributed by atoms with Gasteiger partial charge in [-0.1, -0.05) is 6.08 Å². The summed E-state index contributed by atoms with van der Waals surface area (Å²) in [5.41, 5.74) is -0.0590. The molecule has 0 aromatic heterocycles. The predicted molar refractivity (Wildman–Crippen MR) is 42.8 cm³/mol. The highest BCUT2D eigenvalue weighted by Gasteiger charge is 1.94. The fourth-order valence-electron chi connectivity index (χ4n) is 0.232. The third kappa shape index (κ3) is 4.56. The van der Waals surface area contributed by atoms with Crippen LogP contribution < -0.4 is 0 Å². The van der Waals surface area contributed by atoms with Crippen molar-refractivity contribution >= 4 is 25.3 Å². The standard InChI is InChI=1S/C5H10OS2/c1-2-3-6-5(8)4-7/h2,5,7-8H,1,3-4H2. The maximum atomic E-state index is 5.01. The Labute approximate surface area is 60.9 Å². The van der Waals surface area contributed by atoms with Crippen LogP contribution in [0.25, 0.3) is 0 Å². The van der Waals surface area contributed by atoms with Gasteiger partial charge in [-0.15, -0.1) is 19.2 Å². The molecule has 0 aliphatic carbocycles. The maximum Gasteiger partial charge on any atom is 0.109 e. The summed E-state index contributed by atoms with van der Waals surface area (Å²) >= 11 is 7.97. The van der Waals surface area contributed by atoms with E-state index in [-0.39, 0.29) is 5.44 Å². The molecule has 1 nitrogen and oxygen atoms in total. The lowest BCUT2D eigenvalue weighted by Gasteiger charge is -2.04. The first kappa shape index (κ1) is 8.40. The molecule has 48 valence electrons. The number of hydrogen-bond acceptors (Lipinski definition) is 3. The first-order valence-electron chi connectivity index (χ1n) is 2.32. The Kier molecular flexibility index (Phi) is 5.81. The summed E-state index contributed by atoms with van der Waals surface area (Å²) in [6.45, 7) is 4.03. The van der Waals surface area contributed by atoms with Crippen molar-refractivity contribution in [1.82, 2.24) is 0 Å². The van der Waals surface area contributed by atoms with Gasteiger partial charge < -0.3 is 4.74 Å². The van der Waals surface area contributed by atoms with Crippen molar-refractivity contribution in [3.8, 4) is 0 Å². The van der Waals surface area contributed by atoms with Crippen LogP contribution in [-0.2, 0) is 4.74 Å². The first-order valence-corrected chi connectivity index (χ1v) is 3.47. The van der Waals surface area contributed by atoms with E-state index in [9.17, 15) is 0 Å². The summed E-state index contributed by atoms with van der Waals surface area (Å²) in [4.78, 5) is 0. The molecule has 0 aliphatic rings. The smallest absolute Gasteiger partial charge is 0.109 e. The third-order valence-corrected chi connectivity index (χ3v) is 1.51. The van der Waals surface area contributed by atoms with Crippen molar-refractivity contribution in [3.63, 3.8) is 0 Å². The lowest BCUT2D eigenvalue weighted by Crippen LogP contribution is -2.05. The van der Waals surface area contributed by atoms with E-state index in [2.05, 4.69) is 31.8 Å². The van der Waals surface area contributed by atoms with Gasteiger partial charge in [-0.05, 0) is 0 Å². The summed E-state index contributed by atoms with van der Waals surface area (Å²) < 4.78 is 5.01. The van der Waals surface area contributed by atoms with Gasteiger partial charge in [0.25, 0.3) is 0 Å². The van der Waals surface area contributed by atoms with Gasteiger partial charge in [0, 0.05) is 5.75 Å². The summed E-state index contributed by atoms with van der Waals surface area (Å²) in [6.07, 6.45) is 1.69. The number of ether oxygens (including phenoxy) is 1. The van der Waals surface area contributed by atoms with Crippen molar-refractivity contribution in [2.24, 2.45) is 0 Å². The molecule has 0 rings (SSSR count). The van der Waals surface area contributed by atoms with Gasteiger partial charge >= 0.3 is 0 Å². The van der Waals surface area contributed by atoms with Gasteiger partial charge in [0.2, 0.25) is 0 Å². The van der Waals surface area contributed by atoms with E-state index in [0.29, 0.717) is 12.4 Å². The Morgan fingerprint density at radius 1 is 1.75 bits per heavy atom. The van der Waals surface area contributed by atoms with Crippen molar-refractivity contribution in [3.05, 3.63) is 12.7 Å². The highest BCUT2D eigenvalue weighted by atomic mass is 32.1. The average Bonchev–Trinajstić information content (AvgIpc) is 1.83. The van der Waals surface area contributed by atoms with Crippen LogP contribution in [0.3, 0.4) is 0 Å². The second kappa shape index (κ2) is 5.54. The molecule has 0 saturated heterocycles. The molecule has 1 atom stereocenters. The van der Waals surface area contributed by atoms with Gasteiger partial charge in [0.15, 0.2) is 0 Å². The molecule has 8 heavy (non-hydrogen) atoms. The van der Waals surface area contributed by atoms with E-state index < -0.39 is 0 Å². The monoisotopic (exact) mass is 150 g/mol. The highest BCUT2D eigenvalue weighted by Crippen LogP contribution is 1.98. The molecule has 1 unspecified atom stereocenters. The minimum atomic E-state index is -0.0590. The van der Waals surface area contributed by atoms with Crippen LogP contribution in [0.1, 0.15) is 0 Å².